The van der Waals surface area contributed by atoms with Crippen LogP contribution >= 0.6 is 22.9 Å². The molecule has 2 aromatic rings. The Morgan fingerprint density at radius 1 is 1.41 bits per heavy atom. The summed E-state index contributed by atoms with van der Waals surface area (Å²) in [6, 6.07) is 1.44. The number of hydrogen-bond donors (Lipinski definition) is 0. The van der Waals surface area contributed by atoms with Gasteiger partial charge in [-0.2, -0.15) is 4.52 Å². The summed E-state index contributed by atoms with van der Waals surface area (Å²) in [4.78, 5) is 18.9. The zero-order chi connectivity index (χ0) is 11.8. The lowest BCUT2D eigenvalue weighted by Gasteiger charge is -2.10. The minimum atomic E-state index is -0.160. The Kier molecular flexibility index (Phi) is 2.76. The van der Waals surface area contributed by atoms with E-state index in [0.29, 0.717) is 10.7 Å². The Bertz CT molecular complexity index is 602. The van der Waals surface area contributed by atoms with Gasteiger partial charge in [-0.3, -0.25) is 4.79 Å². The quantitative estimate of drug-likeness (QED) is 0.776. The van der Waals surface area contributed by atoms with E-state index in [0.717, 1.165) is 18.2 Å². The number of rotatable bonds is 2. The molecule has 1 aliphatic rings. The number of fused-ring (bicyclic) bond motifs is 1. The molecule has 1 saturated heterocycles. The standard InChI is InChI=1S/C10H11ClN4OS/c11-6-7-5-8(16)15-9(12-7)17-10(13-15)14-3-1-2-4-14/h5H,1-4,6H2. The van der Waals surface area contributed by atoms with E-state index in [9.17, 15) is 4.79 Å². The maximum absolute atomic E-state index is 11.8. The first-order valence-electron chi connectivity index (χ1n) is 5.48. The van der Waals surface area contributed by atoms with Crippen molar-refractivity contribution in [2.45, 2.75) is 18.7 Å². The van der Waals surface area contributed by atoms with Crippen LogP contribution in [0, 0.1) is 0 Å². The van der Waals surface area contributed by atoms with Crippen LogP contribution in [0.1, 0.15) is 18.5 Å². The van der Waals surface area contributed by atoms with Crippen molar-refractivity contribution >= 4 is 33.0 Å². The number of halogens is 1. The van der Waals surface area contributed by atoms with Gasteiger partial charge in [0.25, 0.3) is 5.56 Å². The van der Waals surface area contributed by atoms with Crippen LogP contribution in [0.4, 0.5) is 5.13 Å². The molecule has 5 nitrogen and oxygen atoms in total. The first-order chi connectivity index (χ1) is 8.28. The zero-order valence-electron chi connectivity index (χ0n) is 9.10. The molecule has 0 N–H and O–H groups in total. The zero-order valence-corrected chi connectivity index (χ0v) is 10.7. The third-order valence-electron chi connectivity index (χ3n) is 2.80. The Morgan fingerprint density at radius 3 is 2.88 bits per heavy atom. The van der Waals surface area contributed by atoms with Gasteiger partial charge in [0.1, 0.15) is 0 Å². The van der Waals surface area contributed by atoms with Crippen LogP contribution in [0.25, 0.3) is 4.96 Å². The number of nitrogens with zero attached hydrogens (tertiary/aromatic N) is 4. The number of aromatic nitrogens is 3. The van der Waals surface area contributed by atoms with Gasteiger partial charge in [-0.25, -0.2) is 4.98 Å². The number of anilines is 1. The molecule has 0 aromatic carbocycles. The fourth-order valence-corrected chi connectivity index (χ4v) is 3.07. The van der Waals surface area contributed by atoms with Crippen LogP contribution in [0.15, 0.2) is 10.9 Å². The molecule has 17 heavy (non-hydrogen) atoms. The summed E-state index contributed by atoms with van der Waals surface area (Å²) in [5.41, 5.74) is 0.445. The molecule has 0 unspecified atom stereocenters. The molecular weight excluding hydrogens is 260 g/mol. The summed E-state index contributed by atoms with van der Waals surface area (Å²) in [7, 11) is 0. The molecule has 0 amide bonds. The van der Waals surface area contributed by atoms with Crippen molar-refractivity contribution in [3.05, 3.63) is 22.1 Å². The van der Waals surface area contributed by atoms with E-state index >= 15 is 0 Å². The lowest BCUT2D eigenvalue weighted by Crippen LogP contribution is -2.19. The first-order valence-corrected chi connectivity index (χ1v) is 6.84. The van der Waals surface area contributed by atoms with Crippen LogP contribution in [0.3, 0.4) is 0 Å². The van der Waals surface area contributed by atoms with E-state index < -0.39 is 0 Å². The summed E-state index contributed by atoms with van der Waals surface area (Å²) in [6.45, 7) is 2.02. The molecule has 1 fully saturated rings. The summed E-state index contributed by atoms with van der Waals surface area (Å²) < 4.78 is 1.36. The summed E-state index contributed by atoms with van der Waals surface area (Å²) in [5, 5.41) is 5.19. The van der Waals surface area contributed by atoms with E-state index in [1.165, 1.54) is 34.8 Å². The molecule has 0 saturated carbocycles. The molecule has 2 aromatic heterocycles. The average Bonchev–Trinajstić information content (AvgIpc) is 2.96. The van der Waals surface area contributed by atoms with E-state index in [4.69, 9.17) is 11.6 Å². The highest BCUT2D eigenvalue weighted by atomic mass is 35.5. The molecule has 0 atom stereocenters. The van der Waals surface area contributed by atoms with Crippen molar-refractivity contribution in [3.63, 3.8) is 0 Å². The van der Waals surface area contributed by atoms with E-state index in [-0.39, 0.29) is 11.4 Å². The van der Waals surface area contributed by atoms with Gasteiger partial charge in [-0.05, 0) is 12.8 Å². The molecule has 0 spiro atoms. The Hall–Kier alpha value is -1.14. The second kappa shape index (κ2) is 4.27. The van der Waals surface area contributed by atoms with Crippen molar-refractivity contribution in [2.75, 3.05) is 18.0 Å². The summed E-state index contributed by atoms with van der Waals surface area (Å²) >= 11 is 7.14. The molecule has 90 valence electrons. The minimum absolute atomic E-state index is 0.160. The fourth-order valence-electron chi connectivity index (χ4n) is 1.95. The molecule has 1 aliphatic heterocycles. The van der Waals surface area contributed by atoms with Crippen molar-refractivity contribution in [1.82, 2.24) is 14.6 Å². The normalized spacial score (nSPS) is 15.9. The van der Waals surface area contributed by atoms with Crippen molar-refractivity contribution in [1.29, 1.82) is 0 Å². The van der Waals surface area contributed by atoms with Gasteiger partial charge in [0.05, 0.1) is 11.6 Å². The molecule has 7 heteroatoms. The number of alkyl halides is 1. The highest BCUT2D eigenvalue weighted by molar-refractivity contribution is 7.20. The molecule has 0 radical (unpaired) electrons. The largest absolute Gasteiger partial charge is 0.347 e. The van der Waals surface area contributed by atoms with E-state index in [1.54, 1.807) is 0 Å². The maximum atomic E-state index is 11.8. The lowest BCUT2D eigenvalue weighted by atomic mass is 10.4. The van der Waals surface area contributed by atoms with Crippen LogP contribution in [0.5, 0.6) is 0 Å². The summed E-state index contributed by atoms with van der Waals surface area (Å²) in [6.07, 6.45) is 2.37. The van der Waals surface area contributed by atoms with Crippen molar-refractivity contribution < 1.29 is 0 Å². The van der Waals surface area contributed by atoms with Gasteiger partial charge in [0.15, 0.2) is 0 Å². The van der Waals surface area contributed by atoms with Crippen LogP contribution in [-0.4, -0.2) is 27.7 Å². The number of hydrogen-bond acceptors (Lipinski definition) is 5. The van der Waals surface area contributed by atoms with Crippen LogP contribution in [-0.2, 0) is 5.88 Å². The third kappa shape index (κ3) is 1.91. The topological polar surface area (TPSA) is 50.5 Å². The summed E-state index contributed by atoms with van der Waals surface area (Å²) in [5.74, 6) is 0.253. The van der Waals surface area contributed by atoms with Gasteiger partial charge in [0, 0.05) is 19.2 Å². The van der Waals surface area contributed by atoms with Crippen molar-refractivity contribution in [3.8, 4) is 0 Å². The predicted molar refractivity (Wildman–Crippen MR) is 68.1 cm³/mol. The second-order valence-electron chi connectivity index (χ2n) is 3.99. The van der Waals surface area contributed by atoms with Gasteiger partial charge in [-0.1, -0.05) is 11.3 Å². The molecule has 0 aliphatic carbocycles. The molecule has 3 heterocycles. The van der Waals surface area contributed by atoms with Crippen LogP contribution in [0.2, 0.25) is 0 Å². The van der Waals surface area contributed by atoms with Crippen LogP contribution < -0.4 is 10.5 Å². The smallest absolute Gasteiger partial charge is 0.275 e. The predicted octanol–water partition coefficient (Wildman–Crippen LogP) is 1.49. The highest BCUT2D eigenvalue weighted by Gasteiger charge is 2.17. The Balaban J connectivity index is 2.11. The molecular formula is C10H11ClN4OS. The monoisotopic (exact) mass is 270 g/mol. The lowest BCUT2D eigenvalue weighted by molar-refractivity contribution is 0.852. The SMILES string of the molecule is O=c1cc(CCl)nc2sc(N3CCCC3)nn12. The Labute approximate surface area is 107 Å². The fraction of sp³-hybridized carbons (Fsp3) is 0.500. The van der Waals surface area contributed by atoms with Gasteiger partial charge < -0.3 is 4.90 Å². The third-order valence-corrected chi connectivity index (χ3v) is 4.04. The van der Waals surface area contributed by atoms with Gasteiger partial charge >= 0.3 is 0 Å². The van der Waals surface area contributed by atoms with Gasteiger partial charge in [0.2, 0.25) is 10.1 Å². The first kappa shape index (κ1) is 11.0. The van der Waals surface area contributed by atoms with Gasteiger partial charge in [-0.15, -0.1) is 16.7 Å². The highest BCUT2D eigenvalue weighted by Crippen LogP contribution is 2.24. The average molecular weight is 271 g/mol. The second-order valence-corrected chi connectivity index (χ2v) is 5.19. The minimum Gasteiger partial charge on any atom is -0.347 e. The molecule has 3 rings (SSSR count). The van der Waals surface area contributed by atoms with E-state index in [2.05, 4.69) is 15.0 Å². The molecule has 0 bridgehead atoms. The van der Waals surface area contributed by atoms with Crippen molar-refractivity contribution in [2.24, 2.45) is 0 Å². The maximum Gasteiger partial charge on any atom is 0.275 e. The van der Waals surface area contributed by atoms with E-state index in [1.807, 2.05) is 0 Å². The Morgan fingerprint density at radius 2 is 2.18 bits per heavy atom.